The van der Waals surface area contributed by atoms with Gasteiger partial charge in [-0.3, -0.25) is 9.59 Å². The first-order chi connectivity index (χ1) is 13.5. The third kappa shape index (κ3) is 4.70. The van der Waals surface area contributed by atoms with Crippen molar-refractivity contribution in [1.82, 2.24) is 10.3 Å². The van der Waals surface area contributed by atoms with Crippen LogP contribution in [0.5, 0.6) is 0 Å². The van der Waals surface area contributed by atoms with Crippen LogP contribution in [-0.4, -0.2) is 35.2 Å². The van der Waals surface area contributed by atoms with Gasteiger partial charge in [0.05, 0.1) is 6.61 Å². The van der Waals surface area contributed by atoms with Gasteiger partial charge >= 0.3 is 5.97 Å². The summed E-state index contributed by atoms with van der Waals surface area (Å²) >= 11 is 0. The number of nitrogens with zero attached hydrogens (tertiary/aromatic N) is 1. The normalized spacial score (nSPS) is 21.9. The molecule has 6 nitrogen and oxygen atoms in total. The molecule has 0 spiro atoms. The number of carbonyl (C=O) groups is 2. The molecule has 2 atom stereocenters. The molecule has 1 aliphatic heterocycles. The Hall–Kier alpha value is -2.86. The Bertz CT molecular complexity index is 797. The second kappa shape index (κ2) is 8.89. The average Bonchev–Trinajstić information content (AvgIpc) is 2.93. The molecule has 28 heavy (non-hydrogen) atoms. The molecular formula is C22H27N3O3. The quantitative estimate of drug-likeness (QED) is 0.688. The predicted molar refractivity (Wildman–Crippen MR) is 108 cm³/mol. The van der Waals surface area contributed by atoms with Gasteiger partial charge in [-0.2, -0.15) is 5.01 Å². The van der Waals surface area contributed by atoms with Gasteiger partial charge in [0.25, 0.3) is 0 Å². The van der Waals surface area contributed by atoms with Gasteiger partial charge in [-0.1, -0.05) is 48.5 Å². The Labute approximate surface area is 165 Å². The van der Waals surface area contributed by atoms with Crippen LogP contribution >= 0.6 is 0 Å². The summed E-state index contributed by atoms with van der Waals surface area (Å²) in [6, 6.07) is 19.3. The van der Waals surface area contributed by atoms with Crippen LogP contribution in [0.25, 0.3) is 0 Å². The number of hydrogen-bond acceptors (Lipinski definition) is 5. The van der Waals surface area contributed by atoms with Gasteiger partial charge in [0.2, 0.25) is 5.91 Å². The lowest BCUT2D eigenvalue weighted by molar-refractivity contribution is -0.144. The number of amides is 1. The van der Waals surface area contributed by atoms with Crippen molar-refractivity contribution in [3.63, 3.8) is 0 Å². The van der Waals surface area contributed by atoms with E-state index in [0.717, 1.165) is 11.3 Å². The minimum atomic E-state index is -0.709. The molecule has 0 aliphatic carbocycles. The second-order valence-corrected chi connectivity index (χ2v) is 7.12. The van der Waals surface area contributed by atoms with E-state index in [9.17, 15) is 9.59 Å². The molecule has 2 aromatic rings. The van der Waals surface area contributed by atoms with E-state index in [1.165, 1.54) is 0 Å². The zero-order chi connectivity index (χ0) is 20.0. The van der Waals surface area contributed by atoms with Crippen molar-refractivity contribution in [3.05, 3.63) is 66.2 Å². The van der Waals surface area contributed by atoms with Gasteiger partial charge in [-0.25, -0.2) is 0 Å². The molecule has 1 heterocycles. The number of ether oxygens (including phenoxy) is 1. The molecule has 1 fully saturated rings. The maximum Gasteiger partial charge on any atom is 0.305 e. The maximum atomic E-state index is 12.9. The highest BCUT2D eigenvalue weighted by Gasteiger charge is 2.48. The van der Waals surface area contributed by atoms with Crippen LogP contribution in [0.4, 0.5) is 5.69 Å². The monoisotopic (exact) mass is 381 g/mol. The number of carbonyl (C=O) groups excluding carboxylic acids is 2. The number of esters is 1. The van der Waals surface area contributed by atoms with Crippen LogP contribution in [0.1, 0.15) is 32.3 Å². The summed E-state index contributed by atoms with van der Waals surface area (Å²) in [5.41, 5.74) is 4.65. The molecule has 3 rings (SSSR count). The van der Waals surface area contributed by atoms with E-state index in [-0.39, 0.29) is 18.3 Å². The summed E-state index contributed by atoms with van der Waals surface area (Å²) in [4.78, 5) is 24.7. The van der Waals surface area contributed by atoms with Gasteiger partial charge < -0.3 is 15.5 Å². The zero-order valence-electron chi connectivity index (χ0n) is 16.4. The Morgan fingerprint density at radius 3 is 2.43 bits per heavy atom. The van der Waals surface area contributed by atoms with Crippen LogP contribution < -0.4 is 10.7 Å². The number of hydrogen-bond donors (Lipinski definition) is 2. The van der Waals surface area contributed by atoms with Gasteiger partial charge in [0.1, 0.15) is 11.7 Å². The Morgan fingerprint density at radius 1 is 1.14 bits per heavy atom. The van der Waals surface area contributed by atoms with Crippen molar-refractivity contribution in [3.8, 4) is 0 Å². The number of anilines is 1. The second-order valence-electron chi connectivity index (χ2n) is 7.12. The summed E-state index contributed by atoms with van der Waals surface area (Å²) in [7, 11) is 0. The molecule has 0 radical (unpaired) electrons. The highest BCUT2D eigenvalue weighted by atomic mass is 16.5. The summed E-state index contributed by atoms with van der Waals surface area (Å²) in [6.07, 6.45) is 1.25. The Kier molecular flexibility index (Phi) is 6.31. The third-order valence-corrected chi connectivity index (χ3v) is 4.95. The van der Waals surface area contributed by atoms with E-state index >= 15 is 0 Å². The van der Waals surface area contributed by atoms with Gasteiger partial charge in [0.15, 0.2) is 0 Å². The first-order valence-electron chi connectivity index (χ1n) is 9.64. The van der Waals surface area contributed by atoms with Crippen LogP contribution in [0.15, 0.2) is 60.7 Å². The van der Waals surface area contributed by atoms with E-state index < -0.39 is 11.7 Å². The fraction of sp³-hybridized carbons (Fsp3) is 0.364. The number of rotatable bonds is 8. The average molecular weight is 381 g/mol. The SMILES string of the molecule is CCOC(=O)CC[C@@]1(C)NC(=O)[C@H](Cc2ccccc2)N1Nc1ccccc1. The van der Waals surface area contributed by atoms with Gasteiger partial charge in [-0.05, 0) is 44.4 Å². The van der Waals surface area contributed by atoms with Crippen LogP contribution in [-0.2, 0) is 20.7 Å². The standard InChI is InChI=1S/C22H27N3O3/c1-3-28-20(26)14-15-22(2)23-21(27)19(16-17-10-6-4-7-11-17)25(22)24-18-12-8-5-9-13-18/h4-13,19,24H,3,14-16H2,1-2H3,(H,23,27)/t19-,22-/m0/s1. The first-order valence-corrected chi connectivity index (χ1v) is 9.64. The van der Waals surface area contributed by atoms with E-state index in [0.29, 0.717) is 19.4 Å². The number of benzene rings is 2. The molecular weight excluding hydrogens is 354 g/mol. The minimum absolute atomic E-state index is 0.0568. The Balaban J connectivity index is 1.83. The fourth-order valence-electron chi connectivity index (χ4n) is 3.51. The number of para-hydroxylation sites is 1. The summed E-state index contributed by atoms with van der Waals surface area (Å²) in [5.74, 6) is -0.317. The summed E-state index contributed by atoms with van der Waals surface area (Å²) in [6.45, 7) is 4.08. The molecule has 0 bridgehead atoms. The molecule has 1 aliphatic rings. The molecule has 1 amide bonds. The molecule has 6 heteroatoms. The van der Waals surface area contributed by atoms with Gasteiger partial charge in [0, 0.05) is 12.1 Å². The van der Waals surface area contributed by atoms with Crippen LogP contribution in [0.3, 0.4) is 0 Å². The van der Waals surface area contributed by atoms with E-state index in [1.54, 1.807) is 6.92 Å². The summed E-state index contributed by atoms with van der Waals surface area (Å²) in [5, 5.41) is 5.03. The molecule has 1 saturated heterocycles. The van der Waals surface area contributed by atoms with Crippen molar-refractivity contribution in [2.24, 2.45) is 0 Å². The zero-order valence-corrected chi connectivity index (χ0v) is 16.4. The largest absolute Gasteiger partial charge is 0.466 e. The van der Waals surface area contributed by atoms with Gasteiger partial charge in [-0.15, -0.1) is 0 Å². The first kappa shape index (κ1) is 19.9. The lowest BCUT2D eigenvalue weighted by atomic mass is 10.0. The highest BCUT2D eigenvalue weighted by molar-refractivity contribution is 5.85. The lowest BCUT2D eigenvalue weighted by Gasteiger charge is -2.37. The van der Waals surface area contributed by atoms with Crippen LogP contribution in [0.2, 0.25) is 0 Å². The fourth-order valence-corrected chi connectivity index (χ4v) is 3.51. The van der Waals surface area contributed by atoms with Crippen molar-refractivity contribution in [1.29, 1.82) is 0 Å². The molecule has 0 saturated carbocycles. The van der Waals surface area contributed by atoms with Crippen molar-refractivity contribution in [2.45, 2.75) is 44.8 Å². The topological polar surface area (TPSA) is 70.7 Å². The Morgan fingerprint density at radius 2 is 1.79 bits per heavy atom. The van der Waals surface area contributed by atoms with Crippen molar-refractivity contribution in [2.75, 3.05) is 12.0 Å². The molecule has 2 aromatic carbocycles. The smallest absolute Gasteiger partial charge is 0.305 e. The number of hydrazine groups is 1. The van der Waals surface area contributed by atoms with Crippen LogP contribution in [0, 0.1) is 0 Å². The number of nitrogens with one attached hydrogen (secondary N) is 2. The lowest BCUT2D eigenvalue weighted by Crippen LogP contribution is -2.53. The maximum absolute atomic E-state index is 12.9. The predicted octanol–water partition coefficient (Wildman–Crippen LogP) is 3.12. The molecule has 0 aromatic heterocycles. The summed E-state index contributed by atoms with van der Waals surface area (Å²) < 4.78 is 5.06. The third-order valence-electron chi connectivity index (χ3n) is 4.95. The highest BCUT2D eigenvalue weighted by Crippen LogP contribution is 2.30. The molecule has 0 unspecified atom stereocenters. The molecule has 2 N–H and O–H groups in total. The molecule has 148 valence electrons. The van der Waals surface area contributed by atoms with Crippen molar-refractivity contribution < 1.29 is 14.3 Å². The van der Waals surface area contributed by atoms with Crippen molar-refractivity contribution >= 4 is 17.6 Å². The van der Waals surface area contributed by atoms with E-state index in [1.807, 2.05) is 72.6 Å². The van der Waals surface area contributed by atoms with E-state index in [4.69, 9.17) is 4.74 Å². The van der Waals surface area contributed by atoms with E-state index in [2.05, 4.69) is 10.7 Å². The minimum Gasteiger partial charge on any atom is -0.466 e.